The fourth-order valence-corrected chi connectivity index (χ4v) is 8.43. The summed E-state index contributed by atoms with van der Waals surface area (Å²) in [5, 5.41) is 2.14. The molecule has 1 unspecified atom stereocenters. The summed E-state index contributed by atoms with van der Waals surface area (Å²) in [4.78, 5) is 18.0. The normalized spacial score (nSPS) is 17.2. The van der Waals surface area contributed by atoms with Crippen molar-refractivity contribution in [2.24, 2.45) is 17.6 Å². The third-order valence-corrected chi connectivity index (χ3v) is 11.6. The second-order valence-corrected chi connectivity index (χ2v) is 15.6. The maximum absolute atomic E-state index is 13.2. The van der Waals surface area contributed by atoms with Crippen molar-refractivity contribution < 1.29 is 9.53 Å². The maximum Gasteiger partial charge on any atom is 0.324 e. The number of pyridine rings is 1. The molecule has 2 saturated carbocycles. The van der Waals surface area contributed by atoms with Gasteiger partial charge in [0.15, 0.2) is 0 Å². The number of nitrogens with zero attached hydrogens (tertiary/aromatic N) is 1. The van der Waals surface area contributed by atoms with E-state index < -0.39 is 11.6 Å². The van der Waals surface area contributed by atoms with Crippen LogP contribution in [0.15, 0.2) is 78.9 Å². The minimum atomic E-state index is -0.760. The van der Waals surface area contributed by atoms with Gasteiger partial charge in [0.1, 0.15) is 11.6 Å². The van der Waals surface area contributed by atoms with E-state index in [1.54, 1.807) is 0 Å². The molecule has 2 atom stereocenters. The van der Waals surface area contributed by atoms with Gasteiger partial charge in [-0.3, -0.25) is 4.79 Å². The third kappa shape index (κ3) is 9.07. The summed E-state index contributed by atoms with van der Waals surface area (Å²) >= 11 is 8.29. The molecule has 0 spiro atoms. The summed E-state index contributed by atoms with van der Waals surface area (Å²) < 4.78 is 6.18. The summed E-state index contributed by atoms with van der Waals surface area (Å²) in [6.45, 7) is 4.01. The number of carbonyl (C=O) groups is 1. The number of ether oxygens (including phenoxy) is 1. The van der Waals surface area contributed by atoms with E-state index in [-0.39, 0.29) is 11.9 Å². The van der Waals surface area contributed by atoms with Crippen LogP contribution in [0.5, 0.6) is 0 Å². The Hall–Kier alpha value is -3.12. The molecular weight excluding hydrogens is 620 g/mol. The van der Waals surface area contributed by atoms with Gasteiger partial charge >= 0.3 is 5.97 Å². The Kier molecular flexibility index (Phi) is 11.1. The number of nitrogens with two attached hydrogens (primary N) is 1. The van der Waals surface area contributed by atoms with Crippen molar-refractivity contribution >= 4 is 52.4 Å². The second-order valence-electron chi connectivity index (χ2n) is 13.9. The van der Waals surface area contributed by atoms with Gasteiger partial charge in [-0.15, -0.1) is 0 Å². The first-order valence-corrected chi connectivity index (χ1v) is 18.7. The van der Waals surface area contributed by atoms with Crippen molar-refractivity contribution in [3.63, 3.8) is 0 Å². The lowest BCUT2D eigenvalue weighted by atomic mass is 9.84. The summed E-state index contributed by atoms with van der Waals surface area (Å²) in [6.07, 6.45) is 14.4. The molecule has 4 nitrogen and oxygen atoms in total. The smallest absolute Gasteiger partial charge is 0.324 e. The van der Waals surface area contributed by atoms with Crippen LogP contribution < -0.4 is 5.73 Å². The highest BCUT2D eigenvalue weighted by atomic mass is 35.5. The molecule has 0 saturated heterocycles. The van der Waals surface area contributed by atoms with E-state index in [0.717, 1.165) is 72.2 Å². The lowest BCUT2D eigenvalue weighted by molar-refractivity contribution is -0.161. The van der Waals surface area contributed by atoms with E-state index in [1.807, 2.05) is 44.2 Å². The Labute approximate surface area is 289 Å². The second kappa shape index (κ2) is 15.4. The van der Waals surface area contributed by atoms with Crippen molar-refractivity contribution in [3.05, 3.63) is 112 Å². The van der Waals surface area contributed by atoms with E-state index in [0.29, 0.717) is 10.3 Å². The number of thioether (sulfide) groups is 1. The van der Waals surface area contributed by atoms with Crippen LogP contribution in [-0.4, -0.2) is 22.7 Å². The first-order chi connectivity index (χ1) is 22.7. The fraction of sp³-hybridized carbons (Fsp3) is 0.415. The standard InChI is InChI=1S/C41H47ClN2O2S/c1-41(2,46-40(45)39(43)32-11-4-3-5-12-32)36-14-7-6-10-30(36)20-24-38(47-27-29-15-16-29)33-13-8-9-28(25-33)17-22-35-23-19-31-18-21-34(42)26-37(31)44-35/h6-10,13-14,17-19,21-23,25-26,29,32,38-39H,3-5,11-12,15-16,20,24,27,43H2,1-2H3/b22-17+/t38-,39?/m1/s1. The van der Waals surface area contributed by atoms with Crippen LogP contribution in [-0.2, 0) is 21.6 Å². The van der Waals surface area contributed by atoms with E-state index >= 15 is 0 Å². The molecule has 0 amide bonds. The summed E-state index contributed by atoms with van der Waals surface area (Å²) in [5.74, 6) is 1.98. The quantitative estimate of drug-likeness (QED) is 0.144. The first kappa shape index (κ1) is 33.8. The van der Waals surface area contributed by atoms with Gasteiger partial charge in [-0.25, -0.2) is 4.98 Å². The van der Waals surface area contributed by atoms with Crippen molar-refractivity contribution in [2.45, 2.75) is 88.5 Å². The van der Waals surface area contributed by atoms with Gasteiger partial charge in [0, 0.05) is 15.7 Å². The van der Waals surface area contributed by atoms with E-state index in [4.69, 9.17) is 27.1 Å². The maximum atomic E-state index is 13.2. The van der Waals surface area contributed by atoms with Crippen LogP contribution in [0.3, 0.4) is 0 Å². The molecule has 0 bridgehead atoms. The minimum Gasteiger partial charge on any atom is -0.454 e. The molecule has 6 heteroatoms. The minimum absolute atomic E-state index is 0.222. The number of aryl methyl sites for hydroxylation is 1. The van der Waals surface area contributed by atoms with Crippen LogP contribution >= 0.6 is 23.4 Å². The van der Waals surface area contributed by atoms with Crippen molar-refractivity contribution in [2.75, 3.05) is 5.75 Å². The number of aromatic nitrogens is 1. The molecule has 47 heavy (non-hydrogen) atoms. The summed E-state index contributed by atoms with van der Waals surface area (Å²) in [7, 11) is 0. The SMILES string of the molecule is CC(C)(OC(=O)C(N)C1CCCCC1)c1ccccc1CC[C@@H](SCC1CC1)c1cccc(/C=C/c2ccc3ccc(Cl)cc3n2)c1. The van der Waals surface area contributed by atoms with E-state index in [2.05, 4.69) is 72.4 Å². The number of carbonyl (C=O) groups excluding carboxylic acids is 1. The van der Waals surface area contributed by atoms with Gasteiger partial charge in [-0.05, 0) is 116 Å². The number of esters is 1. The molecule has 246 valence electrons. The van der Waals surface area contributed by atoms with E-state index in [1.165, 1.54) is 36.1 Å². The van der Waals surface area contributed by atoms with Crippen LogP contribution in [0, 0.1) is 11.8 Å². The largest absolute Gasteiger partial charge is 0.454 e. The van der Waals surface area contributed by atoms with Crippen molar-refractivity contribution in [1.82, 2.24) is 4.98 Å². The molecule has 4 aromatic rings. The number of benzene rings is 3. The average Bonchev–Trinajstić information content (AvgIpc) is 3.92. The Morgan fingerprint density at radius 2 is 1.77 bits per heavy atom. The highest BCUT2D eigenvalue weighted by Gasteiger charge is 2.34. The van der Waals surface area contributed by atoms with Crippen LogP contribution in [0.4, 0.5) is 0 Å². The number of rotatable bonds is 13. The van der Waals surface area contributed by atoms with Gasteiger partial charge in [0.05, 0.1) is 11.2 Å². The van der Waals surface area contributed by atoms with Gasteiger partial charge < -0.3 is 10.5 Å². The zero-order valence-corrected chi connectivity index (χ0v) is 29.2. The lowest BCUT2D eigenvalue weighted by Crippen LogP contribution is -2.43. The Morgan fingerprint density at radius 1 is 0.979 bits per heavy atom. The predicted molar refractivity (Wildman–Crippen MR) is 198 cm³/mol. The number of hydrogen-bond acceptors (Lipinski definition) is 5. The van der Waals surface area contributed by atoms with Crippen LogP contribution in [0.2, 0.25) is 5.02 Å². The molecule has 3 aromatic carbocycles. The molecule has 2 aliphatic rings. The van der Waals surface area contributed by atoms with Gasteiger partial charge in [0.2, 0.25) is 0 Å². The molecular formula is C41H47ClN2O2S. The Bertz CT molecular complexity index is 1710. The highest BCUT2D eigenvalue weighted by Crippen LogP contribution is 2.41. The predicted octanol–water partition coefficient (Wildman–Crippen LogP) is 10.6. The molecule has 0 aliphatic heterocycles. The highest BCUT2D eigenvalue weighted by molar-refractivity contribution is 7.99. The fourth-order valence-electron chi connectivity index (χ4n) is 6.80. The molecule has 2 fully saturated rings. The van der Waals surface area contributed by atoms with E-state index in [9.17, 15) is 4.79 Å². The molecule has 2 N–H and O–H groups in total. The third-order valence-electron chi connectivity index (χ3n) is 9.76. The summed E-state index contributed by atoms with van der Waals surface area (Å²) in [5.41, 5.74) is 12.3. The molecule has 2 aliphatic carbocycles. The Morgan fingerprint density at radius 3 is 2.57 bits per heavy atom. The van der Waals surface area contributed by atoms with Gasteiger partial charge in [0.25, 0.3) is 0 Å². The number of halogens is 1. The van der Waals surface area contributed by atoms with Crippen LogP contribution in [0.1, 0.15) is 98.4 Å². The van der Waals surface area contributed by atoms with Gasteiger partial charge in [-0.2, -0.15) is 11.8 Å². The first-order valence-electron chi connectivity index (χ1n) is 17.3. The molecule has 1 aromatic heterocycles. The van der Waals surface area contributed by atoms with Gasteiger partial charge in [-0.1, -0.05) is 97.6 Å². The molecule has 0 radical (unpaired) electrons. The molecule has 6 rings (SSSR count). The zero-order chi connectivity index (χ0) is 32.8. The molecule has 1 heterocycles. The monoisotopic (exact) mass is 666 g/mol. The summed E-state index contributed by atoms with van der Waals surface area (Å²) in [6, 6.07) is 26.7. The zero-order valence-electron chi connectivity index (χ0n) is 27.7. The topological polar surface area (TPSA) is 65.2 Å². The number of fused-ring (bicyclic) bond motifs is 1. The lowest BCUT2D eigenvalue weighted by Gasteiger charge is -2.32. The van der Waals surface area contributed by atoms with Crippen molar-refractivity contribution in [1.29, 1.82) is 0 Å². The van der Waals surface area contributed by atoms with Crippen LogP contribution in [0.25, 0.3) is 23.1 Å². The van der Waals surface area contributed by atoms with Crippen molar-refractivity contribution in [3.8, 4) is 0 Å². The number of hydrogen-bond donors (Lipinski definition) is 1. The Balaban J connectivity index is 1.16. The average molecular weight is 667 g/mol.